The highest BCUT2D eigenvalue weighted by molar-refractivity contribution is 5.73. The van der Waals surface area contributed by atoms with Crippen LogP contribution in [0.5, 0.6) is 5.75 Å². The second-order valence-corrected chi connectivity index (χ2v) is 9.27. The van der Waals surface area contributed by atoms with Gasteiger partial charge >= 0.3 is 5.97 Å². The Hall–Kier alpha value is -3.44. The first-order valence-electron chi connectivity index (χ1n) is 11.7. The molecule has 3 aromatic rings. The fraction of sp³-hybridized carbons (Fsp3) is 0.276. The standard InChI is InChI=1S/C29H28FNO3/c1-19-24(15-31-16-25(17-31)29(32)33)7-6-23-14-27(12-13-28(19)23)34-18-20-2-4-21(5-3-20)22-8-10-26(30)11-9-22/h2-5,8-14,25H,6-7,15-18H2,1H3,(H,32,33). The number of hydrogen-bond acceptors (Lipinski definition) is 3. The highest BCUT2D eigenvalue weighted by Crippen LogP contribution is 2.34. The van der Waals surface area contributed by atoms with Crippen molar-refractivity contribution in [3.05, 3.63) is 94.8 Å². The minimum atomic E-state index is -0.688. The molecule has 1 fully saturated rings. The summed E-state index contributed by atoms with van der Waals surface area (Å²) in [5.41, 5.74) is 8.41. The Balaban J connectivity index is 1.20. The van der Waals surface area contributed by atoms with Crippen LogP contribution >= 0.6 is 0 Å². The summed E-state index contributed by atoms with van der Waals surface area (Å²) in [7, 11) is 0. The van der Waals surface area contributed by atoms with Crippen molar-refractivity contribution in [2.24, 2.45) is 5.92 Å². The number of aryl methyl sites for hydroxylation is 1. The molecule has 1 saturated heterocycles. The first-order valence-corrected chi connectivity index (χ1v) is 11.7. The Labute approximate surface area is 199 Å². The van der Waals surface area contributed by atoms with Gasteiger partial charge < -0.3 is 9.84 Å². The van der Waals surface area contributed by atoms with Gasteiger partial charge in [0.2, 0.25) is 0 Å². The van der Waals surface area contributed by atoms with E-state index in [-0.39, 0.29) is 11.7 Å². The van der Waals surface area contributed by atoms with Crippen molar-refractivity contribution in [3.8, 4) is 16.9 Å². The monoisotopic (exact) mass is 457 g/mol. The molecular formula is C29H28FNO3. The van der Waals surface area contributed by atoms with Crippen LogP contribution in [-0.2, 0) is 17.8 Å². The van der Waals surface area contributed by atoms with Gasteiger partial charge in [0, 0.05) is 19.6 Å². The van der Waals surface area contributed by atoms with Crippen molar-refractivity contribution in [3.63, 3.8) is 0 Å². The van der Waals surface area contributed by atoms with Crippen LogP contribution in [0.2, 0.25) is 0 Å². The van der Waals surface area contributed by atoms with Crippen LogP contribution in [0.15, 0.2) is 72.3 Å². The summed E-state index contributed by atoms with van der Waals surface area (Å²) in [6.07, 6.45) is 1.98. The average molecular weight is 458 g/mol. The zero-order chi connectivity index (χ0) is 23.7. The van der Waals surface area contributed by atoms with Crippen LogP contribution < -0.4 is 4.74 Å². The molecule has 0 unspecified atom stereocenters. The second kappa shape index (κ2) is 9.43. The number of carboxylic acid groups (broad SMARTS) is 1. The van der Waals surface area contributed by atoms with Gasteiger partial charge in [-0.3, -0.25) is 9.69 Å². The van der Waals surface area contributed by atoms with Crippen molar-refractivity contribution in [2.75, 3.05) is 19.6 Å². The Morgan fingerprint density at radius 1 is 1.00 bits per heavy atom. The quantitative estimate of drug-likeness (QED) is 0.487. The van der Waals surface area contributed by atoms with Crippen molar-refractivity contribution in [2.45, 2.75) is 26.4 Å². The van der Waals surface area contributed by atoms with E-state index in [4.69, 9.17) is 9.84 Å². The number of rotatable bonds is 7. The number of likely N-dealkylation sites (tertiary alicyclic amines) is 1. The normalized spacial score (nSPS) is 16.2. The van der Waals surface area contributed by atoms with Crippen molar-refractivity contribution >= 4 is 11.5 Å². The van der Waals surface area contributed by atoms with Crippen molar-refractivity contribution in [1.29, 1.82) is 0 Å². The van der Waals surface area contributed by atoms with Crippen molar-refractivity contribution < 1.29 is 19.0 Å². The number of nitrogens with zero attached hydrogens (tertiary/aromatic N) is 1. The lowest BCUT2D eigenvalue weighted by atomic mass is 9.85. The molecule has 1 N–H and O–H groups in total. The molecule has 0 radical (unpaired) electrons. The molecule has 0 atom stereocenters. The average Bonchev–Trinajstić information content (AvgIpc) is 2.81. The summed E-state index contributed by atoms with van der Waals surface area (Å²) in [5, 5.41) is 9.09. The number of benzene rings is 3. The maximum Gasteiger partial charge on any atom is 0.309 e. The number of aliphatic carboxylic acids is 1. The molecule has 0 bridgehead atoms. The summed E-state index contributed by atoms with van der Waals surface area (Å²) in [4.78, 5) is 13.3. The molecular weight excluding hydrogens is 429 g/mol. The third-order valence-corrected chi connectivity index (χ3v) is 6.97. The molecule has 5 heteroatoms. The molecule has 0 spiro atoms. The minimum absolute atomic E-state index is 0.212. The zero-order valence-electron chi connectivity index (χ0n) is 19.3. The summed E-state index contributed by atoms with van der Waals surface area (Å²) >= 11 is 0. The van der Waals surface area contributed by atoms with E-state index in [1.807, 2.05) is 30.3 Å². The molecule has 2 aliphatic rings. The van der Waals surface area contributed by atoms with Gasteiger partial charge in [-0.15, -0.1) is 0 Å². The largest absolute Gasteiger partial charge is 0.489 e. The van der Waals surface area contributed by atoms with Gasteiger partial charge in [0.15, 0.2) is 0 Å². The maximum atomic E-state index is 13.1. The van der Waals surface area contributed by atoms with Gasteiger partial charge in [0.25, 0.3) is 0 Å². The van der Waals surface area contributed by atoms with Crippen LogP contribution in [0.3, 0.4) is 0 Å². The lowest BCUT2D eigenvalue weighted by Gasteiger charge is -2.38. The van der Waals surface area contributed by atoms with Crippen LogP contribution in [0, 0.1) is 11.7 Å². The summed E-state index contributed by atoms with van der Waals surface area (Å²) in [6, 6.07) is 21.0. The van der Waals surface area contributed by atoms with E-state index in [1.165, 1.54) is 34.4 Å². The van der Waals surface area contributed by atoms with E-state index in [1.54, 1.807) is 12.1 Å². The number of halogens is 1. The second-order valence-electron chi connectivity index (χ2n) is 9.27. The SMILES string of the molecule is CC1=C(CN2CC(C(=O)O)C2)CCc2cc(OCc3ccc(-c4ccc(F)cc4)cc3)ccc21. The third kappa shape index (κ3) is 4.75. The van der Waals surface area contributed by atoms with E-state index < -0.39 is 5.97 Å². The molecule has 0 amide bonds. The number of hydrogen-bond donors (Lipinski definition) is 1. The molecule has 5 rings (SSSR count). The lowest BCUT2D eigenvalue weighted by Crippen LogP contribution is -2.50. The molecule has 1 heterocycles. The zero-order valence-corrected chi connectivity index (χ0v) is 19.3. The fourth-order valence-corrected chi connectivity index (χ4v) is 4.82. The highest BCUT2D eigenvalue weighted by Gasteiger charge is 2.33. The van der Waals surface area contributed by atoms with E-state index in [9.17, 15) is 9.18 Å². The van der Waals surface area contributed by atoms with Crippen LogP contribution in [0.1, 0.15) is 30.0 Å². The van der Waals surface area contributed by atoms with Gasteiger partial charge in [0.1, 0.15) is 18.2 Å². The number of carbonyl (C=O) groups is 1. The fourth-order valence-electron chi connectivity index (χ4n) is 4.82. The lowest BCUT2D eigenvalue weighted by molar-refractivity contribution is -0.147. The van der Waals surface area contributed by atoms with Gasteiger partial charge in [-0.05, 0) is 77.4 Å². The van der Waals surface area contributed by atoms with Crippen LogP contribution in [-0.4, -0.2) is 35.6 Å². The Bertz CT molecular complexity index is 1230. The summed E-state index contributed by atoms with van der Waals surface area (Å²) in [5.74, 6) is -0.265. The van der Waals surface area contributed by atoms with E-state index in [2.05, 4.69) is 24.0 Å². The highest BCUT2D eigenvalue weighted by atomic mass is 19.1. The number of fused-ring (bicyclic) bond motifs is 1. The first kappa shape index (κ1) is 22.4. The Morgan fingerprint density at radius 3 is 2.35 bits per heavy atom. The molecule has 4 nitrogen and oxygen atoms in total. The van der Waals surface area contributed by atoms with Crippen LogP contribution in [0.4, 0.5) is 4.39 Å². The van der Waals surface area contributed by atoms with E-state index in [0.29, 0.717) is 19.7 Å². The number of carboxylic acids is 1. The smallest absolute Gasteiger partial charge is 0.309 e. The molecule has 1 aliphatic heterocycles. The maximum absolute atomic E-state index is 13.1. The Kier molecular flexibility index (Phi) is 6.20. The Morgan fingerprint density at radius 2 is 1.68 bits per heavy atom. The molecule has 34 heavy (non-hydrogen) atoms. The van der Waals surface area contributed by atoms with Crippen molar-refractivity contribution in [1.82, 2.24) is 4.90 Å². The topological polar surface area (TPSA) is 49.8 Å². The van der Waals surface area contributed by atoms with Gasteiger partial charge in [-0.25, -0.2) is 4.39 Å². The van der Waals surface area contributed by atoms with Gasteiger partial charge in [-0.1, -0.05) is 48.0 Å². The molecule has 3 aromatic carbocycles. The molecule has 0 aromatic heterocycles. The summed E-state index contributed by atoms with van der Waals surface area (Å²) in [6.45, 7) is 4.82. The third-order valence-electron chi connectivity index (χ3n) is 6.97. The first-order chi connectivity index (χ1) is 16.5. The van der Waals surface area contributed by atoms with E-state index >= 15 is 0 Å². The molecule has 174 valence electrons. The number of ether oxygens (including phenoxy) is 1. The molecule has 1 aliphatic carbocycles. The van der Waals surface area contributed by atoms with E-state index in [0.717, 1.165) is 41.8 Å². The predicted octanol–water partition coefficient (Wildman–Crippen LogP) is 5.81. The van der Waals surface area contributed by atoms with Gasteiger partial charge in [-0.2, -0.15) is 0 Å². The summed E-state index contributed by atoms with van der Waals surface area (Å²) < 4.78 is 19.2. The van der Waals surface area contributed by atoms with Gasteiger partial charge in [0.05, 0.1) is 5.92 Å². The number of allylic oxidation sites excluding steroid dienone is 1. The van der Waals surface area contributed by atoms with Crippen LogP contribution in [0.25, 0.3) is 16.7 Å². The minimum Gasteiger partial charge on any atom is -0.489 e. The molecule has 0 saturated carbocycles. The predicted molar refractivity (Wildman–Crippen MR) is 131 cm³/mol.